The van der Waals surface area contributed by atoms with Crippen molar-refractivity contribution in [2.45, 2.75) is 97.9 Å². The molecule has 1 aliphatic rings. The average molecular weight is 819 g/mol. The summed E-state index contributed by atoms with van der Waals surface area (Å²) in [6.07, 6.45) is 7.07. The van der Waals surface area contributed by atoms with Gasteiger partial charge in [0.25, 0.3) is 0 Å². The molecular formula is C46H58N8O6. The van der Waals surface area contributed by atoms with Crippen molar-refractivity contribution < 1.29 is 28.7 Å². The number of alkyl carbamates (subject to hydrolysis) is 2. The van der Waals surface area contributed by atoms with E-state index in [1.54, 1.807) is 11.1 Å². The Kier molecular flexibility index (Phi) is 14.3. The van der Waals surface area contributed by atoms with Gasteiger partial charge < -0.3 is 39.9 Å². The minimum absolute atomic E-state index is 0.0874. The number of aromatic nitrogens is 4. The summed E-state index contributed by atoms with van der Waals surface area (Å²) < 4.78 is 9.56. The van der Waals surface area contributed by atoms with E-state index >= 15 is 0 Å². The summed E-state index contributed by atoms with van der Waals surface area (Å²) in [7, 11) is 2.58. The fourth-order valence-electron chi connectivity index (χ4n) is 7.87. The lowest BCUT2D eigenvalue weighted by atomic mass is 9.98. The van der Waals surface area contributed by atoms with Gasteiger partial charge in [-0.15, -0.1) is 0 Å². The fraction of sp³-hybridized carbons (Fsp3) is 0.435. The maximum atomic E-state index is 13.9. The van der Waals surface area contributed by atoms with Crippen molar-refractivity contribution in [1.29, 1.82) is 0 Å². The number of carbonyl (C=O) groups excluding carboxylic acids is 4. The fourth-order valence-corrected chi connectivity index (χ4v) is 7.87. The molecule has 4 amide bonds. The summed E-state index contributed by atoms with van der Waals surface area (Å²) in [6, 6.07) is 19.7. The van der Waals surface area contributed by atoms with Gasteiger partial charge in [0.05, 0.1) is 51.1 Å². The zero-order valence-electron chi connectivity index (χ0n) is 35.7. The van der Waals surface area contributed by atoms with Crippen LogP contribution in [0.4, 0.5) is 9.59 Å². The number of methoxy groups -OCH3 is 2. The Balaban J connectivity index is 1.13. The molecule has 0 spiro atoms. The van der Waals surface area contributed by atoms with Crippen LogP contribution in [0.3, 0.4) is 0 Å². The van der Waals surface area contributed by atoms with Gasteiger partial charge in [-0.1, -0.05) is 96.0 Å². The Morgan fingerprint density at radius 1 is 0.683 bits per heavy atom. The monoisotopic (exact) mass is 818 g/mol. The molecule has 1 saturated carbocycles. The standard InChI is InChI=1S/C46H58N8O6/c1-8-21-53(43(55)41(28(2)3)51-45(57)59-6)26-39-47-24-37(49-39)31-15-13-30(14-16-31)32-17-18-34-23-35(20-19-33(34)22-32)38-25-48-40(50-38)27-54(36-11-9-10-12-36)44(56)42(29(4)5)52-46(58)60-7/h13-20,22-25,28-29,36,41-42H,8-12,21,26-27H2,1-7H3,(H,47,49)(H,48,50)(H,51,57)(H,52,58). The molecule has 2 aromatic heterocycles. The number of ether oxygens (including phenoxy) is 2. The highest BCUT2D eigenvalue weighted by molar-refractivity contribution is 5.91. The van der Waals surface area contributed by atoms with Gasteiger partial charge in [0.15, 0.2) is 0 Å². The number of H-pyrrole nitrogens is 2. The second-order valence-corrected chi connectivity index (χ2v) is 16.2. The summed E-state index contributed by atoms with van der Waals surface area (Å²) in [6.45, 7) is 10.8. The van der Waals surface area contributed by atoms with Crippen LogP contribution >= 0.6 is 0 Å². The van der Waals surface area contributed by atoms with E-state index in [-0.39, 0.29) is 36.2 Å². The summed E-state index contributed by atoms with van der Waals surface area (Å²) in [5.74, 6) is 0.806. The molecule has 1 fully saturated rings. The predicted molar refractivity (Wildman–Crippen MR) is 231 cm³/mol. The van der Waals surface area contributed by atoms with Crippen molar-refractivity contribution in [3.63, 3.8) is 0 Å². The number of benzene rings is 3. The van der Waals surface area contributed by atoms with Gasteiger partial charge in [-0.25, -0.2) is 19.6 Å². The molecule has 0 radical (unpaired) electrons. The first-order valence-corrected chi connectivity index (χ1v) is 20.9. The highest BCUT2D eigenvalue weighted by Gasteiger charge is 2.35. The smallest absolute Gasteiger partial charge is 0.407 e. The van der Waals surface area contributed by atoms with Crippen LogP contribution in [0.5, 0.6) is 0 Å². The van der Waals surface area contributed by atoms with Crippen molar-refractivity contribution in [1.82, 2.24) is 40.4 Å². The molecule has 6 rings (SSSR count). The maximum absolute atomic E-state index is 13.9. The zero-order valence-corrected chi connectivity index (χ0v) is 35.7. The lowest BCUT2D eigenvalue weighted by Crippen LogP contribution is -2.53. The Bertz CT molecular complexity index is 2260. The molecule has 1 aliphatic carbocycles. The van der Waals surface area contributed by atoms with E-state index in [0.29, 0.717) is 24.7 Å². The third-order valence-corrected chi connectivity index (χ3v) is 11.2. The number of rotatable bonds is 16. The van der Waals surface area contributed by atoms with Crippen LogP contribution < -0.4 is 10.6 Å². The lowest BCUT2D eigenvalue weighted by molar-refractivity contribution is -0.137. The summed E-state index contributed by atoms with van der Waals surface area (Å²) in [4.78, 5) is 71.1. The van der Waals surface area contributed by atoms with Gasteiger partial charge >= 0.3 is 12.2 Å². The summed E-state index contributed by atoms with van der Waals surface area (Å²) in [5, 5.41) is 7.60. The third kappa shape index (κ3) is 10.3. The Hall–Kier alpha value is -6.18. The molecule has 2 unspecified atom stereocenters. The number of imidazole rings is 2. The first-order chi connectivity index (χ1) is 28.9. The molecule has 14 nitrogen and oxygen atoms in total. The SMILES string of the molecule is CCCN(Cc1ncc(-c2ccc(-c3ccc4cc(-c5cnc(CN(C(=O)C(NC(=O)OC)C(C)C)C6CCCC6)[nH]5)ccc4c3)cc2)[nH]1)C(=O)C(NC(=O)OC)C(C)C. The molecule has 0 bridgehead atoms. The normalized spacial score (nSPS) is 13.9. The molecular weight excluding hydrogens is 761 g/mol. The number of aromatic amines is 2. The lowest BCUT2D eigenvalue weighted by Gasteiger charge is -2.33. The molecule has 318 valence electrons. The molecule has 0 saturated heterocycles. The van der Waals surface area contributed by atoms with Crippen LogP contribution in [0.2, 0.25) is 0 Å². The second kappa shape index (κ2) is 19.7. The molecule has 0 aliphatic heterocycles. The number of nitrogens with one attached hydrogen (secondary N) is 4. The van der Waals surface area contributed by atoms with Crippen molar-refractivity contribution in [3.8, 4) is 33.6 Å². The van der Waals surface area contributed by atoms with Gasteiger partial charge in [0.1, 0.15) is 23.7 Å². The largest absolute Gasteiger partial charge is 0.453 e. The van der Waals surface area contributed by atoms with E-state index in [1.165, 1.54) is 14.2 Å². The summed E-state index contributed by atoms with van der Waals surface area (Å²) >= 11 is 0. The van der Waals surface area contributed by atoms with Crippen LogP contribution in [0, 0.1) is 11.8 Å². The molecule has 5 aromatic rings. The molecule has 60 heavy (non-hydrogen) atoms. The van der Waals surface area contributed by atoms with E-state index in [1.807, 2.05) is 45.7 Å². The van der Waals surface area contributed by atoms with Gasteiger partial charge in [0, 0.05) is 18.2 Å². The molecule has 4 N–H and O–H groups in total. The maximum Gasteiger partial charge on any atom is 0.407 e. The number of nitrogens with zero attached hydrogens (tertiary/aromatic N) is 4. The third-order valence-electron chi connectivity index (χ3n) is 11.2. The van der Waals surface area contributed by atoms with E-state index in [9.17, 15) is 19.2 Å². The Morgan fingerprint density at radius 3 is 1.72 bits per heavy atom. The number of fused-ring (bicyclic) bond motifs is 1. The van der Waals surface area contributed by atoms with Crippen LogP contribution in [-0.2, 0) is 32.2 Å². The highest BCUT2D eigenvalue weighted by atomic mass is 16.5. The van der Waals surface area contributed by atoms with E-state index in [2.05, 4.69) is 91.2 Å². The topological polar surface area (TPSA) is 175 Å². The first kappa shape index (κ1) is 43.4. The van der Waals surface area contributed by atoms with Gasteiger partial charge in [-0.05, 0) is 70.7 Å². The zero-order chi connectivity index (χ0) is 42.9. The highest BCUT2D eigenvalue weighted by Crippen LogP contribution is 2.31. The van der Waals surface area contributed by atoms with Crippen LogP contribution in [0.1, 0.15) is 78.4 Å². The van der Waals surface area contributed by atoms with Gasteiger partial charge in [0.2, 0.25) is 11.8 Å². The Labute approximate surface area is 351 Å². The van der Waals surface area contributed by atoms with Gasteiger partial charge in [-0.3, -0.25) is 9.59 Å². The van der Waals surface area contributed by atoms with Crippen molar-refractivity contribution in [3.05, 3.63) is 84.7 Å². The van der Waals surface area contributed by atoms with Crippen molar-refractivity contribution >= 4 is 34.8 Å². The molecule has 2 heterocycles. The number of amides is 4. The quantitative estimate of drug-likeness (QED) is 0.0774. The van der Waals surface area contributed by atoms with Crippen LogP contribution in [0.25, 0.3) is 44.4 Å². The van der Waals surface area contributed by atoms with Crippen molar-refractivity contribution in [2.24, 2.45) is 11.8 Å². The number of hydrogen-bond acceptors (Lipinski definition) is 8. The number of carbonyl (C=O) groups is 4. The first-order valence-electron chi connectivity index (χ1n) is 20.9. The Morgan fingerprint density at radius 2 is 1.17 bits per heavy atom. The molecule has 2 atom stereocenters. The molecule has 3 aromatic carbocycles. The van der Waals surface area contributed by atoms with Crippen molar-refractivity contribution in [2.75, 3.05) is 20.8 Å². The van der Waals surface area contributed by atoms with E-state index in [0.717, 1.165) is 76.5 Å². The minimum atomic E-state index is -0.710. The van der Waals surface area contributed by atoms with Crippen LogP contribution in [-0.4, -0.2) is 92.6 Å². The van der Waals surface area contributed by atoms with E-state index < -0.39 is 24.3 Å². The average Bonchev–Trinajstić information content (AvgIpc) is 4.06. The van der Waals surface area contributed by atoms with E-state index in [4.69, 9.17) is 9.47 Å². The molecule has 14 heteroatoms. The van der Waals surface area contributed by atoms with Gasteiger partial charge in [-0.2, -0.15) is 0 Å². The second-order valence-electron chi connectivity index (χ2n) is 16.2. The number of hydrogen-bond donors (Lipinski definition) is 4. The predicted octanol–water partition coefficient (Wildman–Crippen LogP) is 8.06. The minimum Gasteiger partial charge on any atom is -0.453 e. The van der Waals surface area contributed by atoms with Crippen LogP contribution in [0.15, 0.2) is 73.1 Å². The summed E-state index contributed by atoms with van der Waals surface area (Å²) in [5.41, 5.74) is 5.82.